The van der Waals surface area contributed by atoms with Crippen molar-refractivity contribution in [1.82, 2.24) is 10.2 Å². The van der Waals surface area contributed by atoms with Crippen molar-refractivity contribution < 1.29 is 19.1 Å². The van der Waals surface area contributed by atoms with E-state index in [9.17, 15) is 9.59 Å². The van der Waals surface area contributed by atoms with Gasteiger partial charge in [-0.3, -0.25) is 4.79 Å². The Balaban J connectivity index is 2.04. The quantitative estimate of drug-likeness (QED) is 0.864. The Kier molecular flexibility index (Phi) is 6.27. The van der Waals surface area contributed by atoms with Gasteiger partial charge in [0.1, 0.15) is 11.6 Å². The van der Waals surface area contributed by atoms with Gasteiger partial charge in [-0.2, -0.15) is 0 Å². The topological polar surface area (TPSA) is 67.9 Å². The summed E-state index contributed by atoms with van der Waals surface area (Å²) in [5.74, 6) is 0.206. The van der Waals surface area contributed by atoms with Crippen LogP contribution in [-0.4, -0.2) is 54.8 Å². The Hall–Kier alpha value is -1.30. The summed E-state index contributed by atoms with van der Waals surface area (Å²) in [4.78, 5) is 26.9. The summed E-state index contributed by atoms with van der Waals surface area (Å²) in [7, 11) is 0. The van der Waals surface area contributed by atoms with Gasteiger partial charge in [-0.25, -0.2) is 4.79 Å². The third-order valence-electron chi connectivity index (χ3n) is 4.38. The summed E-state index contributed by atoms with van der Waals surface area (Å²) in [5, 5.41) is 2.85. The molecule has 0 bridgehead atoms. The van der Waals surface area contributed by atoms with Gasteiger partial charge in [0, 0.05) is 13.1 Å². The minimum Gasteiger partial charge on any atom is -0.444 e. The van der Waals surface area contributed by atoms with Crippen LogP contribution in [0.3, 0.4) is 0 Å². The molecule has 0 aromatic carbocycles. The Labute approximate surface area is 138 Å². The maximum Gasteiger partial charge on any atom is 0.408 e. The number of rotatable bonds is 3. The molecule has 0 aromatic heterocycles. The predicted molar refractivity (Wildman–Crippen MR) is 87.1 cm³/mol. The van der Waals surface area contributed by atoms with Gasteiger partial charge in [0.15, 0.2) is 0 Å². The molecule has 0 radical (unpaired) electrons. The van der Waals surface area contributed by atoms with E-state index in [0.29, 0.717) is 26.3 Å². The molecule has 1 atom stereocenters. The van der Waals surface area contributed by atoms with Crippen LogP contribution in [0.15, 0.2) is 0 Å². The van der Waals surface area contributed by atoms with Crippen molar-refractivity contribution in [2.75, 3.05) is 26.3 Å². The molecule has 2 aliphatic rings. The number of carbonyl (C=O) groups is 2. The van der Waals surface area contributed by atoms with Gasteiger partial charge in [0.2, 0.25) is 5.91 Å². The van der Waals surface area contributed by atoms with E-state index >= 15 is 0 Å². The first-order valence-electron chi connectivity index (χ1n) is 8.73. The van der Waals surface area contributed by atoms with E-state index in [1.807, 2.05) is 20.8 Å². The van der Waals surface area contributed by atoms with E-state index in [0.717, 1.165) is 25.7 Å². The minimum atomic E-state index is -0.566. The lowest BCUT2D eigenvalue weighted by Crippen LogP contribution is -2.55. The lowest BCUT2D eigenvalue weighted by atomic mass is 9.83. The lowest BCUT2D eigenvalue weighted by Gasteiger charge is -2.35. The fourth-order valence-corrected chi connectivity index (χ4v) is 3.26. The van der Waals surface area contributed by atoms with Crippen LogP contribution in [0.5, 0.6) is 0 Å². The highest BCUT2D eigenvalue weighted by atomic mass is 16.6. The molecule has 6 heteroatoms. The molecular formula is C17H30N2O4. The molecule has 1 unspecified atom stereocenters. The Bertz CT molecular complexity index is 407. The zero-order valence-electron chi connectivity index (χ0n) is 14.6. The number of ether oxygens (including phenoxy) is 2. The van der Waals surface area contributed by atoms with Crippen LogP contribution in [0, 0.1) is 5.92 Å². The van der Waals surface area contributed by atoms with Crippen LogP contribution in [0.2, 0.25) is 0 Å². The fraction of sp³-hybridized carbons (Fsp3) is 0.882. The molecule has 23 heavy (non-hydrogen) atoms. The second-order valence-electron chi connectivity index (χ2n) is 7.46. The average Bonchev–Trinajstić information content (AvgIpc) is 2.52. The first-order chi connectivity index (χ1) is 10.9. The standard InChI is InChI=1S/C17H30N2O4/c1-17(2,3)23-16(21)18-14(13-7-5-4-6-8-13)15(20)19-9-11-22-12-10-19/h13-14H,4-12H2,1-3H3,(H,18,21). The summed E-state index contributed by atoms with van der Waals surface area (Å²) in [5.41, 5.74) is -0.566. The molecular weight excluding hydrogens is 296 g/mol. The molecule has 0 spiro atoms. The van der Waals surface area contributed by atoms with Crippen LogP contribution < -0.4 is 5.32 Å². The van der Waals surface area contributed by atoms with E-state index < -0.39 is 17.7 Å². The van der Waals surface area contributed by atoms with Crippen molar-refractivity contribution in [3.05, 3.63) is 0 Å². The number of amides is 2. The van der Waals surface area contributed by atoms with E-state index in [4.69, 9.17) is 9.47 Å². The second kappa shape index (κ2) is 7.99. The van der Waals surface area contributed by atoms with Gasteiger partial charge in [-0.1, -0.05) is 19.3 Å². The molecule has 1 saturated heterocycles. The maximum atomic E-state index is 12.9. The van der Waals surface area contributed by atoms with Gasteiger partial charge in [0.25, 0.3) is 0 Å². The van der Waals surface area contributed by atoms with Gasteiger partial charge >= 0.3 is 6.09 Å². The molecule has 2 fully saturated rings. The van der Waals surface area contributed by atoms with E-state index in [1.54, 1.807) is 4.90 Å². The second-order valence-corrected chi connectivity index (χ2v) is 7.46. The Morgan fingerprint density at radius 3 is 2.30 bits per heavy atom. The van der Waals surface area contributed by atoms with Crippen molar-refractivity contribution >= 4 is 12.0 Å². The van der Waals surface area contributed by atoms with Crippen LogP contribution in [-0.2, 0) is 14.3 Å². The maximum absolute atomic E-state index is 12.9. The van der Waals surface area contributed by atoms with E-state index in [1.165, 1.54) is 6.42 Å². The van der Waals surface area contributed by atoms with Crippen molar-refractivity contribution in [3.63, 3.8) is 0 Å². The largest absolute Gasteiger partial charge is 0.444 e. The van der Waals surface area contributed by atoms with Gasteiger partial charge in [-0.15, -0.1) is 0 Å². The summed E-state index contributed by atoms with van der Waals surface area (Å²) in [6, 6.07) is -0.483. The molecule has 2 rings (SSSR count). The number of nitrogens with one attached hydrogen (secondary N) is 1. The van der Waals surface area contributed by atoms with Gasteiger partial charge in [0.05, 0.1) is 13.2 Å². The number of morpholine rings is 1. The first kappa shape index (κ1) is 18.0. The highest BCUT2D eigenvalue weighted by Gasteiger charge is 2.35. The molecule has 1 heterocycles. The van der Waals surface area contributed by atoms with Crippen molar-refractivity contribution in [2.45, 2.75) is 64.5 Å². The monoisotopic (exact) mass is 326 g/mol. The number of nitrogens with zero attached hydrogens (tertiary/aromatic N) is 1. The minimum absolute atomic E-state index is 0.00561. The summed E-state index contributed by atoms with van der Waals surface area (Å²) >= 11 is 0. The first-order valence-corrected chi connectivity index (χ1v) is 8.73. The average molecular weight is 326 g/mol. The lowest BCUT2D eigenvalue weighted by molar-refractivity contribution is -0.139. The van der Waals surface area contributed by atoms with Crippen LogP contribution in [0.1, 0.15) is 52.9 Å². The predicted octanol–water partition coefficient (Wildman–Crippen LogP) is 2.32. The number of hydrogen-bond acceptors (Lipinski definition) is 4. The SMILES string of the molecule is CC(C)(C)OC(=O)NC(C(=O)N1CCOCC1)C1CCCCC1. The highest BCUT2D eigenvalue weighted by Crippen LogP contribution is 2.28. The smallest absolute Gasteiger partial charge is 0.408 e. The molecule has 1 aliphatic carbocycles. The van der Waals surface area contributed by atoms with Crippen molar-refractivity contribution in [3.8, 4) is 0 Å². The zero-order chi connectivity index (χ0) is 16.9. The molecule has 2 amide bonds. The number of alkyl carbamates (subject to hydrolysis) is 1. The molecule has 0 aromatic rings. The van der Waals surface area contributed by atoms with Crippen molar-refractivity contribution in [2.24, 2.45) is 5.92 Å². The van der Waals surface area contributed by atoms with Crippen LogP contribution in [0.25, 0.3) is 0 Å². The molecule has 6 nitrogen and oxygen atoms in total. The number of hydrogen-bond donors (Lipinski definition) is 1. The highest BCUT2D eigenvalue weighted by molar-refractivity contribution is 5.86. The van der Waals surface area contributed by atoms with Crippen LogP contribution in [0.4, 0.5) is 4.79 Å². The summed E-state index contributed by atoms with van der Waals surface area (Å²) in [6.07, 6.45) is 4.91. The zero-order valence-corrected chi connectivity index (χ0v) is 14.6. The normalized spacial score (nSPS) is 21.6. The summed E-state index contributed by atoms with van der Waals surface area (Å²) in [6.45, 7) is 7.80. The molecule has 132 valence electrons. The van der Waals surface area contributed by atoms with Gasteiger partial charge < -0.3 is 19.7 Å². The molecule has 1 saturated carbocycles. The Morgan fingerprint density at radius 2 is 1.74 bits per heavy atom. The van der Waals surface area contributed by atoms with E-state index in [2.05, 4.69) is 5.32 Å². The third kappa shape index (κ3) is 5.68. The third-order valence-corrected chi connectivity index (χ3v) is 4.38. The van der Waals surface area contributed by atoms with Gasteiger partial charge in [-0.05, 0) is 39.5 Å². The number of carbonyl (C=O) groups excluding carboxylic acids is 2. The molecule has 1 N–H and O–H groups in total. The van der Waals surface area contributed by atoms with Crippen LogP contribution >= 0.6 is 0 Å². The fourth-order valence-electron chi connectivity index (χ4n) is 3.26. The summed E-state index contributed by atoms with van der Waals surface area (Å²) < 4.78 is 10.7. The Morgan fingerprint density at radius 1 is 1.13 bits per heavy atom. The van der Waals surface area contributed by atoms with Crippen molar-refractivity contribution in [1.29, 1.82) is 0 Å². The van der Waals surface area contributed by atoms with E-state index in [-0.39, 0.29) is 11.8 Å². The molecule has 1 aliphatic heterocycles.